The second-order valence-electron chi connectivity index (χ2n) is 5.97. The minimum atomic E-state index is 0.345. The van der Waals surface area contributed by atoms with Crippen LogP contribution < -0.4 is 11.3 Å². The molecule has 0 radical (unpaired) electrons. The maximum atomic E-state index is 5.57. The summed E-state index contributed by atoms with van der Waals surface area (Å²) >= 11 is 0. The molecule has 0 saturated heterocycles. The Balaban J connectivity index is 2.42. The van der Waals surface area contributed by atoms with Crippen molar-refractivity contribution in [2.45, 2.75) is 52.9 Å². The minimum absolute atomic E-state index is 0.345. The first kappa shape index (κ1) is 12.3. The molecule has 1 aliphatic rings. The normalized spacial score (nSPS) is 21.7. The van der Waals surface area contributed by atoms with Crippen molar-refractivity contribution in [1.29, 1.82) is 0 Å². The molecule has 1 fully saturated rings. The molecule has 17 heavy (non-hydrogen) atoms. The maximum Gasteiger partial charge on any atom is 0.147 e. The molecular formula is C13H22N4. The van der Waals surface area contributed by atoms with Gasteiger partial charge in [-0.25, -0.2) is 15.8 Å². The van der Waals surface area contributed by atoms with Gasteiger partial charge in [0.2, 0.25) is 0 Å². The average molecular weight is 234 g/mol. The van der Waals surface area contributed by atoms with Crippen molar-refractivity contribution in [2.24, 2.45) is 11.3 Å². The van der Waals surface area contributed by atoms with Gasteiger partial charge in [-0.2, -0.15) is 0 Å². The van der Waals surface area contributed by atoms with E-state index in [9.17, 15) is 0 Å². The molecule has 1 aromatic heterocycles. The van der Waals surface area contributed by atoms with Crippen LogP contribution in [0.3, 0.4) is 0 Å². The van der Waals surface area contributed by atoms with Gasteiger partial charge in [-0.1, -0.05) is 27.7 Å². The van der Waals surface area contributed by atoms with Crippen LogP contribution in [0.1, 0.15) is 63.0 Å². The lowest BCUT2D eigenvalue weighted by molar-refractivity contribution is 0.606. The molecule has 4 heteroatoms. The van der Waals surface area contributed by atoms with Gasteiger partial charge < -0.3 is 5.43 Å². The molecule has 0 bridgehead atoms. The molecule has 3 N–H and O–H groups in total. The lowest BCUT2D eigenvalue weighted by Crippen LogP contribution is -2.15. The monoisotopic (exact) mass is 234 g/mol. The standard InChI is InChI=1S/C13H22N4/c1-7(2)10-8(3)15-11(16-12(10)17-14)9-6-13(9,4)5/h7,9H,6,14H2,1-5H3,(H,15,16,17). The van der Waals surface area contributed by atoms with Gasteiger partial charge in [0.15, 0.2) is 0 Å². The Morgan fingerprint density at radius 3 is 2.35 bits per heavy atom. The SMILES string of the molecule is Cc1nc(C2CC2(C)C)nc(NN)c1C(C)C. The number of hydrazine groups is 1. The van der Waals surface area contributed by atoms with E-state index in [-0.39, 0.29) is 0 Å². The number of nitrogens with two attached hydrogens (primary N) is 1. The molecule has 2 rings (SSSR count). The van der Waals surface area contributed by atoms with Crippen LogP contribution in [-0.2, 0) is 0 Å². The molecule has 4 nitrogen and oxygen atoms in total. The van der Waals surface area contributed by atoms with Crippen molar-refractivity contribution in [2.75, 3.05) is 5.43 Å². The third kappa shape index (κ3) is 2.14. The molecule has 1 aliphatic carbocycles. The number of rotatable bonds is 3. The zero-order valence-corrected chi connectivity index (χ0v) is 11.3. The molecule has 1 unspecified atom stereocenters. The number of aryl methyl sites for hydroxylation is 1. The van der Waals surface area contributed by atoms with E-state index < -0.39 is 0 Å². The van der Waals surface area contributed by atoms with Crippen LogP contribution in [0.5, 0.6) is 0 Å². The second kappa shape index (κ2) is 3.95. The third-order valence-electron chi connectivity index (χ3n) is 3.69. The Morgan fingerprint density at radius 1 is 1.35 bits per heavy atom. The fourth-order valence-electron chi connectivity index (χ4n) is 2.47. The Hall–Kier alpha value is -1.16. The number of nitrogens with zero attached hydrogens (tertiary/aromatic N) is 2. The van der Waals surface area contributed by atoms with Gasteiger partial charge in [-0.05, 0) is 24.7 Å². The van der Waals surface area contributed by atoms with Gasteiger partial charge in [0.05, 0.1) is 0 Å². The highest BCUT2D eigenvalue weighted by molar-refractivity contribution is 5.48. The van der Waals surface area contributed by atoms with Crippen LogP contribution in [-0.4, -0.2) is 9.97 Å². The lowest BCUT2D eigenvalue weighted by atomic mass is 10.0. The van der Waals surface area contributed by atoms with Gasteiger partial charge in [0.1, 0.15) is 11.6 Å². The first-order chi connectivity index (χ1) is 7.86. The Labute approximate surface area is 103 Å². The topological polar surface area (TPSA) is 63.8 Å². The number of nitrogens with one attached hydrogen (secondary N) is 1. The Kier molecular flexibility index (Phi) is 2.86. The van der Waals surface area contributed by atoms with Crippen LogP contribution in [0.4, 0.5) is 5.82 Å². The smallest absolute Gasteiger partial charge is 0.147 e. The number of anilines is 1. The van der Waals surface area contributed by atoms with Crippen LogP contribution in [0, 0.1) is 12.3 Å². The van der Waals surface area contributed by atoms with Crippen LogP contribution >= 0.6 is 0 Å². The Bertz CT molecular complexity index is 437. The average Bonchev–Trinajstić information content (AvgIpc) is 2.85. The summed E-state index contributed by atoms with van der Waals surface area (Å²) < 4.78 is 0. The van der Waals surface area contributed by atoms with Gasteiger partial charge in [-0.3, -0.25) is 0 Å². The number of nitrogen functional groups attached to an aromatic ring is 1. The first-order valence-corrected chi connectivity index (χ1v) is 6.22. The van der Waals surface area contributed by atoms with Gasteiger partial charge in [0, 0.05) is 17.2 Å². The van der Waals surface area contributed by atoms with Crippen LogP contribution in [0.15, 0.2) is 0 Å². The molecule has 0 aromatic carbocycles. The van der Waals surface area contributed by atoms with E-state index in [1.165, 1.54) is 0 Å². The molecule has 1 aromatic rings. The molecule has 94 valence electrons. The summed E-state index contributed by atoms with van der Waals surface area (Å²) in [6, 6.07) is 0. The maximum absolute atomic E-state index is 5.57. The molecule has 0 aliphatic heterocycles. The van der Waals surface area contributed by atoms with Gasteiger partial charge in [0.25, 0.3) is 0 Å². The molecule has 1 heterocycles. The highest BCUT2D eigenvalue weighted by Gasteiger charge is 2.48. The lowest BCUT2D eigenvalue weighted by Gasteiger charge is -2.15. The number of aromatic nitrogens is 2. The highest BCUT2D eigenvalue weighted by atomic mass is 15.3. The van der Waals surface area contributed by atoms with Gasteiger partial charge >= 0.3 is 0 Å². The fourth-order valence-corrected chi connectivity index (χ4v) is 2.47. The van der Waals surface area contributed by atoms with Crippen molar-refractivity contribution in [3.8, 4) is 0 Å². The molecule has 1 saturated carbocycles. The third-order valence-corrected chi connectivity index (χ3v) is 3.69. The van der Waals surface area contributed by atoms with Crippen LogP contribution in [0.25, 0.3) is 0 Å². The van der Waals surface area contributed by atoms with E-state index >= 15 is 0 Å². The second-order valence-corrected chi connectivity index (χ2v) is 5.97. The summed E-state index contributed by atoms with van der Waals surface area (Å²) in [7, 11) is 0. The van der Waals surface area contributed by atoms with E-state index in [1.807, 2.05) is 6.92 Å². The van der Waals surface area contributed by atoms with Crippen molar-refractivity contribution < 1.29 is 0 Å². The summed E-state index contributed by atoms with van der Waals surface area (Å²) in [6.45, 7) is 10.8. The van der Waals surface area contributed by atoms with E-state index in [4.69, 9.17) is 5.84 Å². The molecular weight excluding hydrogens is 212 g/mol. The predicted octanol–water partition coefficient (Wildman–Crippen LogP) is 2.71. The predicted molar refractivity (Wildman–Crippen MR) is 69.8 cm³/mol. The van der Waals surface area contributed by atoms with Crippen molar-refractivity contribution in [1.82, 2.24) is 9.97 Å². The zero-order valence-electron chi connectivity index (χ0n) is 11.3. The van der Waals surface area contributed by atoms with Crippen LogP contribution in [0.2, 0.25) is 0 Å². The van der Waals surface area contributed by atoms with E-state index in [1.54, 1.807) is 0 Å². The van der Waals surface area contributed by atoms with E-state index in [0.717, 1.165) is 29.3 Å². The summed E-state index contributed by atoms with van der Waals surface area (Å²) in [4.78, 5) is 9.24. The first-order valence-electron chi connectivity index (χ1n) is 6.22. The highest BCUT2D eigenvalue weighted by Crippen LogP contribution is 2.57. The minimum Gasteiger partial charge on any atom is -0.308 e. The van der Waals surface area contributed by atoms with E-state index in [2.05, 4.69) is 43.1 Å². The largest absolute Gasteiger partial charge is 0.308 e. The van der Waals surface area contributed by atoms with E-state index in [0.29, 0.717) is 17.3 Å². The fraction of sp³-hybridized carbons (Fsp3) is 0.692. The quantitative estimate of drug-likeness (QED) is 0.623. The zero-order chi connectivity index (χ0) is 12.8. The molecule has 0 spiro atoms. The summed E-state index contributed by atoms with van der Waals surface area (Å²) in [6.07, 6.45) is 1.16. The Morgan fingerprint density at radius 2 is 1.94 bits per heavy atom. The van der Waals surface area contributed by atoms with Crippen molar-refractivity contribution >= 4 is 5.82 Å². The van der Waals surface area contributed by atoms with Crippen molar-refractivity contribution in [3.63, 3.8) is 0 Å². The summed E-state index contributed by atoms with van der Waals surface area (Å²) in [5.41, 5.74) is 5.22. The number of hydrogen-bond acceptors (Lipinski definition) is 4. The summed E-state index contributed by atoms with van der Waals surface area (Å²) in [5, 5.41) is 0. The van der Waals surface area contributed by atoms with Crippen molar-refractivity contribution in [3.05, 3.63) is 17.1 Å². The van der Waals surface area contributed by atoms with Gasteiger partial charge in [-0.15, -0.1) is 0 Å². The molecule has 0 amide bonds. The summed E-state index contributed by atoms with van der Waals surface area (Å²) in [5.74, 6) is 8.15. The number of hydrogen-bond donors (Lipinski definition) is 2. The molecule has 1 atom stereocenters.